The molecule has 0 aliphatic carbocycles. The summed E-state index contributed by atoms with van der Waals surface area (Å²) in [5.74, 6) is -0.180. The van der Waals surface area contributed by atoms with Crippen molar-refractivity contribution in [2.45, 2.75) is 20.4 Å². The zero-order chi connectivity index (χ0) is 24.0. The molecule has 0 saturated carbocycles. The van der Waals surface area contributed by atoms with Gasteiger partial charge in [-0.1, -0.05) is 18.2 Å². The van der Waals surface area contributed by atoms with Crippen LogP contribution < -0.4 is 19.5 Å². The molecule has 0 amide bonds. The molecular weight excluding hydrogens is 442 g/mol. The Balaban J connectivity index is 2.07. The predicted octanol–water partition coefficient (Wildman–Crippen LogP) is 2.23. The number of aromatic nitrogens is 1. The molecule has 0 aliphatic heterocycles. The number of carbonyl (C=O) groups is 2. The fourth-order valence-electron chi connectivity index (χ4n) is 3.27. The fraction of sp³-hybridized carbons (Fsp3) is 0.240. The van der Waals surface area contributed by atoms with Gasteiger partial charge in [0.2, 0.25) is 0 Å². The molecule has 8 heteroatoms. The Morgan fingerprint density at radius 3 is 2.42 bits per heavy atom. The second-order valence-corrected chi connectivity index (χ2v) is 8.22. The Morgan fingerprint density at radius 1 is 1.09 bits per heavy atom. The minimum atomic E-state index is -0.514. The van der Waals surface area contributed by atoms with Gasteiger partial charge in [-0.3, -0.25) is 9.36 Å². The average Bonchev–Trinajstić information content (AvgIpc) is 3.08. The van der Waals surface area contributed by atoms with Crippen LogP contribution in [0, 0.1) is 6.92 Å². The summed E-state index contributed by atoms with van der Waals surface area (Å²) in [6, 6.07) is 12.4. The molecule has 0 atom stereocenters. The first-order valence-electron chi connectivity index (χ1n) is 10.3. The number of hydrogen-bond donors (Lipinski definition) is 0. The number of esters is 2. The van der Waals surface area contributed by atoms with Gasteiger partial charge in [0.25, 0.3) is 5.56 Å². The first kappa shape index (κ1) is 24.0. The molecule has 0 aliphatic rings. The summed E-state index contributed by atoms with van der Waals surface area (Å²) < 4.78 is 17.5. The van der Waals surface area contributed by atoms with Gasteiger partial charge in [0, 0.05) is 0 Å². The normalized spacial score (nSPS) is 12.0. The Labute approximate surface area is 195 Å². The minimum Gasteiger partial charge on any atom is -0.496 e. The van der Waals surface area contributed by atoms with Gasteiger partial charge in [-0.25, -0.2) is 9.59 Å². The number of benzene rings is 2. The Hall–Kier alpha value is -3.65. The van der Waals surface area contributed by atoms with E-state index in [0.717, 1.165) is 22.4 Å². The highest BCUT2D eigenvalue weighted by molar-refractivity contribution is 7.07. The highest BCUT2D eigenvalue weighted by Gasteiger charge is 2.10. The van der Waals surface area contributed by atoms with Gasteiger partial charge >= 0.3 is 11.9 Å². The van der Waals surface area contributed by atoms with Crippen LogP contribution in [0.25, 0.3) is 12.2 Å². The Bertz CT molecular complexity index is 1330. The zero-order valence-corrected chi connectivity index (χ0v) is 19.7. The standard InChI is InChI=1S/C25H25NO6S/c1-5-32-23(27)14-22-26(15-17-6-9-19(10-7-17)25(29)31-4)24(28)21(33-22)13-18-8-11-20(30-3)16(2)12-18/h6-14H,5,15H2,1-4H3/b21-13-,22-14-. The number of methoxy groups -OCH3 is 2. The van der Waals surface area contributed by atoms with Crippen molar-refractivity contribution >= 4 is 35.4 Å². The SMILES string of the molecule is CCOC(=O)/C=c1\s/c(=C\c2ccc(OC)c(C)c2)c(=O)n1Cc1ccc(C(=O)OC)cc1. The molecule has 0 spiro atoms. The summed E-state index contributed by atoms with van der Waals surface area (Å²) in [6.45, 7) is 4.13. The fourth-order valence-corrected chi connectivity index (χ4v) is 4.30. The van der Waals surface area contributed by atoms with Crippen molar-refractivity contribution in [3.63, 3.8) is 0 Å². The van der Waals surface area contributed by atoms with Crippen LogP contribution in [0.2, 0.25) is 0 Å². The van der Waals surface area contributed by atoms with Crippen LogP contribution in [0.5, 0.6) is 5.75 Å². The van der Waals surface area contributed by atoms with E-state index in [1.807, 2.05) is 25.1 Å². The molecule has 3 rings (SSSR count). The highest BCUT2D eigenvalue weighted by atomic mass is 32.1. The van der Waals surface area contributed by atoms with Crippen molar-refractivity contribution in [3.8, 4) is 5.75 Å². The molecule has 1 aromatic heterocycles. The molecule has 0 radical (unpaired) electrons. The number of hydrogen-bond acceptors (Lipinski definition) is 7. The molecule has 0 fully saturated rings. The Kier molecular flexibility index (Phi) is 7.84. The number of nitrogens with zero attached hydrogens (tertiary/aromatic N) is 1. The van der Waals surface area contributed by atoms with Crippen LogP contribution >= 0.6 is 11.3 Å². The molecule has 0 saturated heterocycles. The minimum absolute atomic E-state index is 0.221. The number of aryl methyl sites for hydroxylation is 1. The average molecular weight is 468 g/mol. The third-order valence-electron chi connectivity index (χ3n) is 4.90. The summed E-state index contributed by atoms with van der Waals surface area (Å²) in [5, 5.41) is 0. The molecule has 33 heavy (non-hydrogen) atoms. The van der Waals surface area contributed by atoms with Crippen molar-refractivity contribution in [2.24, 2.45) is 0 Å². The van der Waals surface area contributed by atoms with Crippen molar-refractivity contribution in [1.29, 1.82) is 0 Å². The molecule has 0 N–H and O–H groups in total. The topological polar surface area (TPSA) is 83.8 Å². The van der Waals surface area contributed by atoms with E-state index in [0.29, 0.717) is 14.8 Å². The van der Waals surface area contributed by atoms with E-state index in [9.17, 15) is 14.4 Å². The second kappa shape index (κ2) is 10.8. The summed E-state index contributed by atoms with van der Waals surface area (Å²) in [6.07, 6.45) is 3.12. The smallest absolute Gasteiger partial charge is 0.337 e. The first-order chi connectivity index (χ1) is 15.9. The second-order valence-electron chi connectivity index (χ2n) is 7.15. The van der Waals surface area contributed by atoms with Crippen molar-refractivity contribution in [1.82, 2.24) is 4.57 Å². The summed E-state index contributed by atoms with van der Waals surface area (Å²) in [7, 11) is 2.93. The first-order valence-corrected chi connectivity index (χ1v) is 11.1. The van der Waals surface area contributed by atoms with Gasteiger partial charge in [0.1, 0.15) is 10.4 Å². The predicted molar refractivity (Wildman–Crippen MR) is 127 cm³/mol. The van der Waals surface area contributed by atoms with Crippen LogP contribution in [0.4, 0.5) is 0 Å². The number of carbonyl (C=O) groups excluding carboxylic acids is 2. The maximum atomic E-state index is 13.2. The van der Waals surface area contributed by atoms with Crippen LogP contribution in [-0.4, -0.2) is 37.3 Å². The maximum absolute atomic E-state index is 13.2. The molecule has 2 aromatic carbocycles. The molecule has 0 unspecified atom stereocenters. The van der Waals surface area contributed by atoms with E-state index < -0.39 is 11.9 Å². The van der Waals surface area contributed by atoms with Crippen molar-refractivity contribution in [3.05, 3.63) is 84.3 Å². The zero-order valence-electron chi connectivity index (χ0n) is 18.9. The lowest BCUT2D eigenvalue weighted by molar-refractivity contribution is -0.135. The molecule has 7 nitrogen and oxygen atoms in total. The van der Waals surface area contributed by atoms with Crippen molar-refractivity contribution < 1.29 is 23.8 Å². The van der Waals surface area contributed by atoms with Crippen molar-refractivity contribution in [2.75, 3.05) is 20.8 Å². The van der Waals surface area contributed by atoms with Gasteiger partial charge < -0.3 is 14.2 Å². The molecule has 172 valence electrons. The lowest BCUT2D eigenvalue weighted by atomic mass is 10.1. The lowest BCUT2D eigenvalue weighted by Gasteiger charge is -2.05. The molecular formula is C25H25NO6S. The van der Waals surface area contributed by atoms with Crippen LogP contribution in [-0.2, 0) is 20.8 Å². The number of thiazole rings is 1. The van der Waals surface area contributed by atoms with Gasteiger partial charge in [-0.2, -0.15) is 0 Å². The lowest BCUT2D eigenvalue weighted by Crippen LogP contribution is -2.32. The molecule has 3 aromatic rings. The highest BCUT2D eigenvalue weighted by Crippen LogP contribution is 2.18. The third-order valence-corrected chi connectivity index (χ3v) is 5.96. The van der Waals surface area contributed by atoms with E-state index in [1.54, 1.807) is 44.4 Å². The molecule has 1 heterocycles. The van der Waals surface area contributed by atoms with E-state index in [2.05, 4.69) is 0 Å². The Morgan fingerprint density at radius 2 is 1.82 bits per heavy atom. The monoisotopic (exact) mass is 467 g/mol. The van der Waals surface area contributed by atoms with Gasteiger partial charge in [0.05, 0.1) is 43.5 Å². The number of ether oxygens (including phenoxy) is 3. The van der Waals surface area contributed by atoms with Gasteiger partial charge in [-0.15, -0.1) is 11.3 Å². The maximum Gasteiger partial charge on any atom is 0.337 e. The number of rotatable bonds is 7. The van der Waals surface area contributed by atoms with E-state index in [-0.39, 0.29) is 18.7 Å². The van der Waals surface area contributed by atoms with E-state index >= 15 is 0 Å². The largest absolute Gasteiger partial charge is 0.496 e. The van der Waals surface area contributed by atoms with Crippen LogP contribution in [0.15, 0.2) is 47.3 Å². The summed E-state index contributed by atoms with van der Waals surface area (Å²) >= 11 is 1.22. The van der Waals surface area contributed by atoms with Gasteiger partial charge in [0.15, 0.2) is 0 Å². The van der Waals surface area contributed by atoms with Crippen LogP contribution in [0.3, 0.4) is 0 Å². The van der Waals surface area contributed by atoms with Crippen LogP contribution in [0.1, 0.15) is 34.0 Å². The summed E-state index contributed by atoms with van der Waals surface area (Å²) in [4.78, 5) is 37.0. The van der Waals surface area contributed by atoms with E-state index in [4.69, 9.17) is 14.2 Å². The summed E-state index contributed by atoms with van der Waals surface area (Å²) in [5.41, 5.74) is 2.80. The van der Waals surface area contributed by atoms with Gasteiger partial charge in [-0.05, 0) is 60.9 Å². The quantitative estimate of drug-likeness (QED) is 0.496. The third kappa shape index (κ3) is 5.78. The molecule has 0 bridgehead atoms. The van der Waals surface area contributed by atoms with E-state index in [1.165, 1.54) is 29.1 Å².